The molecule has 0 spiro atoms. The van der Waals surface area contributed by atoms with Crippen molar-refractivity contribution in [2.45, 2.75) is 6.61 Å². The van der Waals surface area contributed by atoms with Gasteiger partial charge in [0, 0.05) is 10.6 Å². The summed E-state index contributed by atoms with van der Waals surface area (Å²) in [6.07, 6.45) is 1.49. The largest absolute Gasteiger partial charge is 0.493 e. The summed E-state index contributed by atoms with van der Waals surface area (Å²) >= 11 is 6.16. The lowest BCUT2D eigenvalue weighted by atomic mass is 10.2. The van der Waals surface area contributed by atoms with E-state index in [1.807, 2.05) is 24.3 Å². The SMILES string of the molecule is COc1cc(C=NNC(=O)COc2ccc(C#N)cc2)ccc1OCc1ccccc1Cl. The molecule has 0 aliphatic heterocycles. The van der Waals surface area contributed by atoms with Crippen LogP contribution in [0.4, 0.5) is 0 Å². The minimum atomic E-state index is -0.419. The number of hydrazone groups is 1. The maximum Gasteiger partial charge on any atom is 0.277 e. The number of ether oxygens (including phenoxy) is 3. The van der Waals surface area contributed by atoms with E-state index in [9.17, 15) is 4.79 Å². The van der Waals surface area contributed by atoms with Gasteiger partial charge in [-0.15, -0.1) is 0 Å². The van der Waals surface area contributed by atoms with E-state index in [0.29, 0.717) is 40.0 Å². The summed E-state index contributed by atoms with van der Waals surface area (Å²) in [6.45, 7) is 0.0974. The molecule has 0 radical (unpaired) electrons. The van der Waals surface area contributed by atoms with Gasteiger partial charge in [-0.1, -0.05) is 29.8 Å². The highest BCUT2D eigenvalue weighted by Gasteiger charge is 2.07. The molecule has 7 nitrogen and oxygen atoms in total. The zero-order chi connectivity index (χ0) is 22.8. The fourth-order valence-corrected chi connectivity index (χ4v) is 2.83. The molecule has 32 heavy (non-hydrogen) atoms. The van der Waals surface area contributed by atoms with Crippen LogP contribution >= 0.6 is 11.6 Å². The Balaban J connectivity index is 1.52. The molecule has 0 aromatic heterocycles. The number of amides is 1. The number of nitrogens with one attached hydrogen (secondary N) is 1. The fraction of sp³-hybridized carbons (Fsp3) is 0.125. The van der Waals surface area contributed by atoms with Crippen molar-refractivity contribution in [2.24, 2.45) is 5.10 Å². The zero-order valence-electron chi connectivity index (χ0n) is 17.2. The number of benzene rings is 3. The standard InChI is InChI=1S/C24H20ClN3O4/c1-30-23-12-18(8-11-22(23)32-15-19-4-2-3-5-21(19)25)14-27-28-24(29)16-31-20-9-6-17(13-26)7-10-20/h2-12,14H,15-16H2,1H3,(H,28,29). The minimum absolute atomic E-state index is 0.207. The van der Waals surface area contributed by atoms with Gasteiger partial charge in [0.2, 0.25) is 0 Å². The Morgan fingerprint density at radius 3 is 2.59 bits per heavy atom. The van der Waals surface area contributed by atoms with Crippen molar-refractivity contribution in [1.29, 1.82) is 5.26 Å². The van der Waals surface area contributed by atoms with Gasteiger partial charge in [0.05, 0.1) is 25.0 Å². The lowest BCUT2D eigenvalue weighted by Gasteiger charge is -2.12. The van der Waals surface area contributed by atoms with Crippen LogP contribution in [0.1, 0.15) is 16.7 Å². The van der Waals surface area contributed by atoms with E-state index in [1.165, 1.54) is 6.21 Å². The van der Waals surface area contributed by atoms with E-state index in [0.717, 1.165) is 5.56 Å². The van der Waals surface area contributed by atoms with Gasteiger partial charge >= 0.3 is 0 Å². The summed E-state index contributed by atoms with van der Waals surface area (Å²) in [5.74, 6) is 1.15. The highest BCUT2D eigenvalue weighted by Crippen LogP contribution is 2.29. The number of carbonyl (C=O) groups excluding carboxylic acids is 1. The van der Waals surface area contributed by atoms with Crippen LogP contribution in [0, 0.1) is 11.3 Å². The molecule has 162 valence electrons. The van der Waals surface area contributed by atoms with Crippen LogP contribution in [0.2, 0.25) is 5.02 Å². The highest BCUT2D eigenvalue weighted by atomic mass is 35.5. The predicted octanol–water partition coefficient (Wildman–Crippen LogP) is 4.33. The first kappa shape index (κ1) is 22.7. The van der Waals surface area contributed by atoms with Crippen LogP contribution in [0.3, 0.4) is 0 Å². The van der Waals surface area contributed by atoms with Crippen molar-refractivity contribution in [2.75, 3.05) is 13.7 Å². The highest BCUT2D eigenvalue weighted by molar-refractivity contribution is 6.31. The number of methoxy groups -OCH3 is 1. The fourth-order valence-electron chi connectivity index (χ4n) is 2.64. The Kier molecular flexibility index (Phi) is 8.07. The summed E-state index contributed by atoms with van der Waals surface area (Å²) in [4.78, 5) is 11.9. The molecule has 0 aliphatic rings. The first-order chi connectivity index (χ1) is 15.6. The van der Waals surface area contributed by atoms with E-state index in [-0.39, 0.29) is 6.61 Å². The molecule has 1 amide bonds. The smallest absolute Gasteiger partial charge is 0.277 e. The molecular formula is C24H20ClN3O4. The third-order valence-electron chi connectivity index (χ3n) is 4.28. The Morgan fingerprint density at radius 2 is 1.88 bits per heavy atom. The minimum Gasteiger partial charge on any atom is -0.493 e. The average Bonchev–Trinajstić information content (AvgIpc) is 2.83. The first-order valence-corrected chi connectivity index (χ1v) is 9.96. The van der Waals surface area contributed by atoms with Gasteiger partial charge in [0.1, 0.15) is 12.4 Å². The number of nitriles is 1. The number of rotatable bonds is 9. The first-order valence-electron chi connectivity index (χ1n) is 9.58. The lowest BCUT2D eigenvalue weighted by molar-refractivity contribution is -0.123. The third kappa shape index (κ3) is 6.49. The molecule has 0 bridgehead atoms. The molecule has 0 saturated carbocycles. The van der Waals surface area contributed by atoms with Crippen molar-refractivity contribution < 1.29 is 19.0 Å². The Bertz CT molecular complexity index is 1140. The monoisotopic (exact) mass is 449 g/mol. The second kappa shape index (κ2) is 11.4. The second-order valence-corrected chi connectivity index (χ2v) is 6.92. The summed E-state index contributed by atoms with van der Waals surface area (Å²) in [5.41, 5.74) is 4.49. The van der Waals surface area contributed by atoms with Gasteiger partial charge in [0.25, 0.3) is 5.91 Å². The quantitative estimate of drug-likeness (QED) is 0.387. The van der Waals surface area contributed by atoms with Gasteiger partial charge in [-0.05, 0) is 54.1 Å². The van der Waals surface area contributed by atoms with Gasteiger partial charge in [-0.3, -0.25) is 4.79 Å². The topological polar surface area (TPSA) is 92.9 Å². The number of halogens is 1. The number of hydrogen-bond donors (Lipinski definition) is 1. The van der Waals surface area contributed by atoms with E-state index in [1.54, 1.807) is 55.6 Å². The van der Waals surface area contributed by atoms with Gasteiger partial charge in [-0.2, -0.15) is 10.4 Å². The molecule has 3 aromatic carbocycles. The molecule has 0 heterocycles. The number of hydrogen-bond acceptors (Lipinski definition) is 6. The average molecular weight is 450 g/mol. The van der Waals surface area contributed by atoms with Crippen molar-refractivity contribution in [3.8, 4) is 23.3 Å². The van der Waals surface area contributed by atoms with E-state index >= 15 is 0 Å². The van der Waals surface area contributed by atoms with Crippen LogP contribution in [-0.4, -0.2) is 25.8 Å². The molecule has 8 heteroatoms. The van der Waals surface area contributed by atoms with Crippen LogP contribution in [0.15, 0.2) is 71.8 Å². The summed E-state index contributed by atoms with van der Waals surface area (Å²) in [7, 11) is 1.54. The Hall–Kier alpha value is -4.02. The lowest BCUT2D eigenvalue weighted by Crippen LogP contribution is -2.24. The number of nitrogens with zero attached hydrogens (tertiary/aromatic N) is 2. The van der Waals surface area contributed by atoms with Crippen LogP contribution in [-0.2, 0) is 11.4 Å². The molecule has 3 rings (SSSR count). The summed E-state index contributed by atoms with van der Waals surface area (Å²) in [5, 5.41) is 13.3. The van der Waals surface area contributed by atoms with Crippen molar-refractivity contribution in [3.63, 3.8) is 0 Å². The van der Waals surface area contributed by atoms with E-state index in [4.69, 9.17) is 31.1 Å². The normalized spacial score (nSPS) is 10.4. The molecule has 0 fully saturated rings. The molecule has 3 aromatic rings. The van der Waals surface area contributed by atoms with Crippen LogP contribution in [0.5, 0.6) is 17.2 Å². The van der Waals surface area contributed by atoms with E-state index < -0.39 is 5.91 Å². The van der Waals surface area contributed by atoms with Gasteiger partial charge in [0.15, 0.2) is 18.1 Å². The number of carbonyl (C=O) groups is 1. The van der Waals surface area contributed by atoms with E-state index in [2.05, 4.69) is 10.5 Å². The van der Waals surface area contributed by atoms with Crippen molar-refractivity contribution >= 4 is 23.7 Å². The Labute approximate surface area is 190 Å². The van der Waals surface area contributed by atoms with Crippen LogP contribution < -0.4 is 19.6 Å². The molecule has 0 unspecified atom stereocenters. The predicted molar refractivity (Wildman–Crippen MR) is 121 cm³/mol. The summed E-state index contributed by atoms with van der Waals surface area (Å²) < 4.78 is 16.6. The molecular weight excluding hydrogens is 430 g/mol. The molecule has 0 atom stereocenters. The maximum atomic E-state index is 11.9. The van der Waals surface area contributed by atoms with Crippen molar-refractivity contribution in [1.82, 2.24) is 5.43 Å². The maximum absolute atomic E-state index is 11.9. The molecule has 0 saturated heterocycles. The second-order valence-electron chi connectivity index (χ2n) is 6.51. The van der Waals surface area contributed by atoms with Crippen molar-refractivity contribution in [3.05, 3.63) is 88.4 Å². The van der Waals surface area contributed by atoms with Gasteiger partial charge < -0.3 is 14.2 Å². The summed E-state index contributed by atoms with van der Waals surface area (Å²) in [6, 6.07) is 21.2. The molecule has 0 aliphatic carbocycles. The molecule has 1 N–H and O–H groups in total. The Morgan fingerprint density at radius 1 is 1.09 bits per heavy atom. The van der Waals surface area contributed by atoms with Gasteiger partial charge in [-0.25, -0.2) is 5.43 Å². The third-order valence-corrected chi connectivity index (χ3v) is 4.65. The van der Waals surface area contributed by atoms with Crippen LogP contribution in [0.25, 0.3) is 0 Å². The zero-order valence-corrected chi connectivity index (χ0v) is 18.0.